The van der Waals surface area contributed by atoms with Gasteiger partial charge in [-0.3, -0.25) is 0 Å². The predicted octanol–water partition coefficient (Wildman–Crippen LogP) is 5.52. The molecule has 6 nitrogen and oxygen atoms in total. The number of fused-ring (bicyclic) bond motifs is 3. The molecule has 28 heavy (non-hydrogen) atoms. The number of nitrogens with one attached hydrogen (secondary N) is 1. The fourth-order valence-electron chi connectivity index (χ4n) is 3.08. The molecule has 3 N–H and O–H groups in total. The van der Waals surface area contributed by atoms with Crippen LogP contribution in [0.15, 0.2) is 52.9 Å². The lowest BCUT2D eigenvalue weighted by molar-refractivity contribution is 0.0688. The van der Waals surface area contributed by atoms with E-state index in [4.69, 9.17) is 16.0 Å². The zero-order chi connectivity index (χ0) is 20.0. The summed E-state index contributed by atoms with van der Waals surface area (Å²) in [5.74, 6) is -2.93. The minimum Gasteiger partial charge on any atom is -0.478 e. The summed E-state index contributed by atoms with van der Waals surface area (Å²) in [7, 11) is 0. The second kappa shape index (κ2) is 6.54. The highest BCUT2D eigenvalue weighted by molar-refractivity contribution is 6.33. The second-order valence-electron chi connectivity index (χ2n) is 6.01. The molecule has 0 amide bonds. The van der Waals surface area contributed by atoms with Gasteiger partial charge in [0.1, 0.15) is 22.5 Å². The average Bonchev–Trinajstić information content (AvgIpc) is 3.04. The van der Waals surface area contributed by atoms with Crippen LogP contribution in [-0.2, 0) is 0 Å². The minimum atomic E-state index is -1.23. The van der Waals surface area contributed by atoms with E-state index in [-0.39, 0.29) is 33.0 Å². The minimum absolute atomic E-state index is 0.00808. The van der Waals surface area contributed by atoms with Gasteiger partial charge in [-0.2, -0.15) is 0 Å². The topological polar surface area (TPSA) is 99.8 Å². The maximum atomic E-state index is 13.6. The summed E-state index contributed by atoms with van der Waals surface area (Å²) in [6, 6.07) is 11.1. The van der Waals surface area contributed by atoms with Crippen molar-refractivity contribution in [3.63, 3.8) is 0 Å². The summed E-state index contributed by atoms with van der Waals surface area (Å²) in [5, 5.41) is 22.9. The third kappa shape index (κ3) is 2.82. The van der Waals surface area contributed by atoms with E-state index in [0.29, 0.717) is 16.5 Å². The maximum Gasteiger partial charge on any atom is 0.339 e. The van der Waals surface area contributed by atoms with E-state index in [1.54, 1.807) is 6.07 Å². The number of aromatic carboxylic acids is 2. The fraction of sp³-hybridized carbons (Fsp3) is 0. The molecule has 0 atom stereocenters. The molecule has 0 fully saturated rings. The molecular weight excluding hydrogens is 389 g/mol. The number of carboxylic acid groups (broad SMARTS) is 2. The highest BCUT2D eigenvalue weighted by Gasteiger charge is 2.22. The van der Waals surface area contributed by atoms with Crippen molar-refractivity contribution in [2.75, 3.05) is 5.32 Å². The van der Waals surface area contributed by atoms with E-state index in [1.165, 1.54) is 42.5 Å². The standard InChI is InChI=1S/C20H11ClFNO5/c21-13-6-4-9(22)8-15(13)23-14-7-5-12(20(26)27)18-16(14)10-2-1-3-11(19(24)25)17(10)28-18/h1-8,23H,(H,24,25)(H,26,27). The van der Waals surface area contributed by atoms with Gasteiger partial charge in [-0.1, -0.05) is 23.7 Å². The Bertz CT molecular complexity index is 1280. The van der Waals surface area contributed by atoms with Crippen LogP contribution in [0, 0.1) is 5.82 Å². The van der Waals surface area contributed by atoms with Crippen LogP contribution in [0.5, 0.6) is 0 Å². The van der Waals surface area contributed by atoms with E-state index >= 15 is 0 Å². The van der Waals surface area contributed by atoms with Crippen molar-refractivity contribution in [3.05, 3.63) is 70.5 Å². The largest absolute Gasteiger partial charge is 0.478 e. The number of rotatable bonds is 4. The van der Waals surface area contributed by atoms with Gasteiger partial charge in [-0.05, 0) is 36.4 Å². The van der Waals surface area contributed by atoms with Crippen LogP contribution in [0.4, 0.5) is 15.8 Å². The van der Waals surface area contributed by atoms with E-state index in [1.807, 2.05) is 0 Å². The quantitative estimate of drug-likeness (QED) is 0.418. The zero-order valence-corrected chi connectivity index (χ0v) is 14.7. The molecule has 0 unspecified atom stereocenters. The predicted molar refractivity (Wildman–Crippen MR) is 102 cm³/mol. The van der Waals surface area contributed by atoms with E-state index in [0.717, 1.165) is 0 Å². The molecule has 0 bridgehead atoms. The Morgan fingerprint density at radius 3 is 2.36 bits per heavy atom. The summed E-state index contributed by atoms with van der Waals surface area (Å²) < 4.78 is 19.3. The molecule has 0 saturated heterocycles. The average molecular weight is 400 g/mol. The van der Waals surface area contributed by atoms with Crippen molar-refractivity contribution in [2.24, 2.45) is 0 Å². The van der Waals surface area contributed by atoms with Gasteiger partial charge in [0.05, 0.1) is 21.8 Å². The molecule has 0 radical (unpaired) electrons. The summed E-state index contributed by atoms with van der Waals surface area (Å²) in [5.41, 5.74) is 0.502. The van der Waals surface area contributed by atoms with Crippen LogP contribution < -0.4 is 5.32 Å². The van der Waals surface area contributed by atoms with Crippen LogP contribution >= 0.6 is 11.6 Å². The Hall–Kier alpha value is -3.58. The molecule has 140 valence electrons. The fourth-order valence-corrected chi connectivity index (χ4v) is 3.25. The lowest BCUT2D eigenvalue weighted by Gasteiger charge is -2.10. The van der Waals surface area contributed by atoms with Gasteiger partial charge in [0.25, 0.3) is 0 Å². The highest BCUT2D eigenvalue weighted by atomic mass is 35.5. The molecule has 0 aliphatic carbocycles. The SMILES string of the molecule is O=C(O)c1cccc2c1oc1c(C(=O)O)ccc(Nc3cc(F)ccc3Cl)c12. The van der Waals surface area contributed by atoms with Crippen LogP contribution in [0.1, 0.15) is 20.7 Å². The summed E-state index contributed by atoms with van der Waals surface area (Å²) >= 11 is 6.11. The molecule has 4 rings (SSSR count). The third-order valence-electron chi connectivity index (χ3n) is 4.30. The monoisotopic (exact) mass is 399 g/mol. The molecule has 0 spiro atoms. The molecule has 0 saturated carbocycles. The van der Waals surface area contributed by atoms with Crippen molar-refractivity contribution in [3.8, 4) is 0 Å². The van der Waals surface area contributed by atoms with Crippen molar-refractivity contribution < 1.29 is 28.6 Å². The van der Waals surface area contributed by atoms with Crippen LogP contribution in [0.2, 0.25) is 5.02 Å². The number of halogens is 2. The number of hydrogen-bond acceptors (Lipinski definition) is 4. The molecule has 0 aliphatic heterocycles. The number of hydrogen-bond donors (Lipinski definition) is 3. The van der Waals surface area contributed by atoms with E-state index in [2.05, 4.69) is 5.32 Å². The third-order valence-corrected chi connectivity index (χ3v) is 4.63. The molecule has 1 heterocycles. The van der Waals surface area contributed by atoms with Gasteiger partial charge in [0, 0.05) is 5.39 Å². The summed E-state index contributed by atoms with van der Waals surface area (Å²) in [6.07, 6.45) is 0. The van der Waals surface area contributed by atoms with Crippen LogP contribution in [-0.4, -0.2) is 22.2 Å². The van der Waals surface area contributed by atoms with Crippen molar-refractivity contribution in [1.82, 2.24) is 0 Å². The van der Waals surface area contributed by atoms with Crippen LogP contribution in [0.3, 0.4) is 0 Å². The Balaban J connectivity index is 2.05. The van der Waals surface area contributed by atoms with Crippen molar-refractivity contribution in [2.45, 2.75) is 0 Å². The molecule has 3 aromatic carbocycles. The Morgan fingerprint density at radius 1 is 0.929 bits per heavy atom. The Morgan fingerprint density at radius 2 is 1.64 bits per heavy atom. The first-order valence-corrected chi connectivity index (χ1v) is 8.41. The van der Waals surface area contributed by atoms with E-state index < -0.39 is 17.8 Å². The van der Waals surface area contributed by atoms with E-state index in [9.17, 15) is 24.2 Å². The van der Waals surface area contributed by atoms with Gasteiger partial charge in [0.2, 0.25) is 0 Å². The van der Waals surface area contributed by atoms with Crippen molar-refractivity contribution in [1.29, 1.82) is 0 Å². The van der Waals surface area contributed by atoms with Gasteiger partial charge in [-0.25, -0.2) is 14.0 Å². The maximum absolute atomic E-state index is 13.6. The number of anilines is 2. The first kappa shape index (κ1) is 17.8. The lowest BCUT2D eigenvalue weighted by Crippen LogP contribution is -1.99. The summed E-state index contributed by atoms with van der Waals surface area (Å²) in [6.45, 7) is 0. The number of carbonyl (C=O) groups is 2. The first-order chi connectivity index (χ1) is 13.4. The van der Waals surface area contributed by atoms with Gasteiger partial charge in [0.15, 0.2) is 5.58 Å². The highest BCUT2D eigenvalue weighted by Crippen LogP contribution is 2.39. The normalized spacial score (nSPS) is 11.1. The molecule has 1 aromatic heterocycles. The lowest BCUT2D eigenvalue weighted by atomic mass is 10.0. The van der Waals surface area contributed by atoms with Crippen LogP contribution in [0.25, 0.3) is 21.9 Å². The Labute approximate surface area is 161 Å². The number of furan rings is 1. The number of carboxylic acids is 2. The first-order valence-electron chi connectivity index (χ1n) is 8.03. The van der Waals surface area contributed by atoms with Gasteiger partial charge < -0.3 is 19.9 Å². The summed E-state index contributed by atoms with van der Waals surface area (Å²) in [4.78, 5) is 23.1. The molecular formula is C20H11ClFNO5. The zero-order valence-electron chi connectivity index (χ0n) is 14.0. The van der Waals surface area contributed by atoms with Crippen molar-refractivity contribution >= 4 is 56.9 Å². The Kier molecular flexibility index (Phi) is 4.16. The smallest absolute Gasteiger partial charge is 0.339 e. The molecule has 8 heteroatoms. The van der Waals surface area contributed by atoms with Gasteiger partial charge in [-0.15, -0.1) is 0 Å². The van der Waals surface area contributed by atoms with Gasteiger partial charge >= 0.3 is 11.9 Å². The molecule has 0 aliphatic rings. The number of benzene rings is 3. The molecule has 4 aromatic rings. The second-order valence-corrected chi connectivity index (χ2v) is 6.42. The number of para-hydroxylation sites is 1.